The predicted octanol–water partition coefficient (Wildman–Crippen LogP) is 4.47. The summed E-state index contributed by atoms with van der Waals surface area (Å²) in [5.74, 6) is 0. The zero-order chi connectivity index (χ0) is 13.3. The first-order chi connectivity index (χ1) is 8.54. The lowest BCUT2D eigenvalue weighted by atomic mass is 10.2. The minimum absolute atomic E-state index is 0.418. The predicted molar refractivity (Wildman–Crippen MR) is 74.6 cm³/mol. The van der Waals surface area contributed by atoms with E-state index in [0.717, 1.165) is 22.6 Å². The van der Waals surface area contributed by atoms with Crippen molar-refractivity contribution in [1.82, 2.24) is 4.57 Å². The second-order valence-electron chi connectivity index (χ2n) is 4.17. The molecule has 2 rings (SSSR count). The molecule has 0 fully saturated rings. The molecular weight excluding hydrogens is 267 g/mol. The van der Waals surface area contributed by atoms with Gasteiger partial charge in [-0.25, -0.2) is 0 Å². The summed E-state index contributed by atoms with van der Waals surface area (Å²) < 4.78 is 2.08. The number of nitriles is 1. The van der Waals surface area contributed by atoms with Gasteiger partial charge in [0.1, 0.15) is 0 Å². The number of rotatable bonds is 2. The second kappa shape index (κ2) is 5.06. The van der Waals surface area contributed by atoms with Crippen LogP contribution in [0.25, 0.3) is 5.69 Å². The topological polar surface area (TPSA) is 28.7 Å². The third-order valence-electron chi connectivity index (χ3n) is 2.97. The third-order valence-corrected chi connectivity index (χ3v) is 3.71. The van der Waals surface area contributed by atoms with Gasteiger partial charge in [-0.05, 0) is 43.7 Å². The van der Waals surface area contributed by atoms with E-state index in [1.54, 1.807) is 6.07 Å². The SMILES string of the molecule is Cc1cc(CC#N)c(C)n1-c1ccc(Cl)c(Cl)c1. The molecule has 0 aliphatic rings. The molecule has 0 bridgehead atoms. The van der Waals surface area contributed by atoms with Crippen LogP contribution in [0.3, 0.4) is 0 Å². The van der Waals surface area contributed by atoms with Gasteiger partial charge in [0.25, 0.3) is 0 Å². The van der Waals surface area contributed by atoms with Gasteiger partial charge in [0, 0.05) is 17.1 Å². The maximum absolute atomic E-state index is 8.80. The number of halogens is 2. The van der Waals surface area contributed by atoms with E-state index in [4.69, 9.17) is 28.5 Å². The highest BCUT2D eigenvalue weighted by atomic mass is 35.5. The van der Waals surface area contributed by atoms with Gasteiger partial charge in [0.2, 0.25) is 0 Å². The lowest BCUT2D eigenvalue weighted by molar-refractivity contribution is 0.956. The van der Waals surface area contributed by atoms with Crippen molar-refractivity contribution in [2.45, 2.75) is 20.3 Å². The molecule has 2 nitrogen and oxygen atoms in total. The molecule has 1 aromatic heterocycles. The first-order valence-corrected chi connectivity index (χ1v) is 6.30. The van der Waals surface area contributed by atoms with E-state index in [1.807, 2.05) is 32.0 Å². The Balaban J connectivity index is 2.57. The van der Waals surface area contributed by atoms with Crippen LogP contribution in [0, 0.1) is 25.2 Å². The number of nitrogens with zero attached hydrogens (tertiary/aromatic N) is 2. The van der Waals surface area contributed by atoms with Crippen LogP contribution in [0.15, 0.2) is 24.3 Å². The van der Waals surface area contributed by atoms with Gasteiger partial charge >= 0.3 is 0 Å². The summed E-state index contributed by atoms with van der Waals surface area (Å²) in [6, 6.07) is 9.74. The molecule has 4 heteroatoms. The summed E-state index contributed by atoms with van der Waals surface area (Å²) in [7, 11) is 0. The first kappa shape index (κ1) is 13.0. The monoisotopic (exact) mass is 278 g/mol. The Morgan fingerprint density at radius 1 is 1.17 bits per heavy atom. The molecular formula is C14H12Cl2N2. The Morgan fingerprint density at radius 3 is 2.50 bits per heavy atom. The van der Waals surface area contributed by atoms with Crippen LogP contribution in [-0.4, -0.2) is 4.57 Å². The molecule has 0 unspecified atom stereocenters. The molecule has 2 aromatic rings. The number of hydrogen-bond acceptors (Lipinski definition) is 1. The first-order valence-electron chi connectivity index (χ1n) is 5.54. The van der Waals surface area contributed by atoms with E-state index in [1.165, 1.54) is 0 Å². The fraction of sp³-hybridized carbons (Fsp3) is 0.214. The van der Waals surface area contributed by atoms with Gasteiger partial charge in [-0.3, -0.25) is 0 Å². The van der Waals surface area contributed by atoms with Gasteiger partial charge in [-0.1, -0.05) is 23.2 Å². The van der Waals surface area contributed by atoms with E-state index in [9.17, 15) is 0 Å². The summed E-state index contributed by atoms with van der Waals surface area (Å²) >= 11 is 12.0. The Hall–Kier alpha value is -1.43. The van der Waals surface area contributed by atoms with Crippen molar-refractivity contribution < 1.29 is 0 Å². The highest BCUT2D eigenvalue weighted by molar-refractivity contribution is 6.42. The average molecular weight is 279 g/mol. The second-order valence-corrected chi connectivity index (χ2v) is 4.98. The minimum Gasteiger partial charge on any atom is -0.318 e. The lowest BCUT2D eigenvalue weighted by Gasteiger charge is -2.10. The van der Waals surface area contributed by atoms with Crippen molar-refractivity contribution >= 4 is 23.2 Å². The van der Waals surface area contributed by atoms with Crippen LogP contribution in [0.5, 0.6) is 0 Å². The molecule has 0 spiro atoms. The molecule has 1 heterocycles. The van der Waals surface area contributed by atoms with Crippen LogP contribution in [0.2, 0.25) is 10.0 Å². The fourth-order valence-electron chi connectivity index (χ4n) is 2.11. The van der Waals surface area contributed by atoms with Crippen molar-refractivity contribution in [2.24, 2.45) is 0 Å². The van der Waals surface area contributed by atoms with E-state index in [2.05, 4.69) is 10.6 Å². The molecule has 18 heavy (non-hydrogen) atoms. The van der Waals surface area contributed by atoms with Gasteiger partial charge in [0.05, 0.1) is 22.5 Å². The molecule has 0 saturated heterocycles. The van der Waals surface area contributed by atoms with E-state index in [-0.39, 0.29) is 0 Å². The molecule has 0 aliphatic heterocycles. The highest BCUT2D eigenvalue weighted by Gasteiger charge is 2.11. The molecule has 1 aromatic carbocycles. The maximum atomic E-state index is 8.80. The number of aryl methyl sites for hydroxylation is 1. The molecule has 0 atom stereocenters. The van der Waals surface area contributed by atoms with E-state index >= 15 is 0 Å². The summed E-state index contributed by atoms with van der Waals surface area (Å²) in [5.41, 5.74) is 4.15. The standard InChI is InChI=1S/C14H12Cl2N2/c1-9-7-11(5-6-17)10(2)18(9)12-3-4-13(15)14(16)8-12/h3-4,7-8H,5H2,1-2H3. The Kier molecular flexibility index (Phi) is 3.65. The Bertz CT molecular complexity index is 636. The van der Waals surface area contributed by atoms with Crippen LogP contribution in [0.1, 0.15) is 17.0 Å². The Labute approximate surface area is 116 Å². The largest absolute Gasteiger partial charge is 0.318 e. The van der Waals surface area contributed by atoms with Gasteiger partial charge in [-0.15, -0.1) is 0 Å². The number of aromatic nitrogens is 1. The maximum Gasteiger partial charge on any atom is 0.0670 e. The lowest BCUT2D eigenvalue weighted by Crippen LogP contribution is -1.99. The fourth-order valence-corrected chi connectivity index (χ4v) is 2.41. The van der Waals surface area contributed by atoms with Crippen molar-refractivity contribution in [2.75, 3.05) is 0 Å². The number of hydrogen-bond donors (Lipinski definition) is 0. The zero-order valence-electron chi connectivity index (χ0n) is 10.2. The molecule has 0 amide bonds. The van der Waals surface area contributed by atoms with Crippen molar-refractivity contribution in [3.63, 3.8) is 0 Å². The summed E-state index contributed by atoms with van der Waals surface area (Å²) in [5, 5.41) is 9.87. The summed E-state index contributed by atoms with van der Waals surface area (Å²) in [6.45, 7) is 4.01. The molecule has 0 aliphatic carbocycles. The summed E-state index contributed by atoms with van der Waals surface area (Å²) in [4.78, 5) is 0. The highest BCUT2D eigenvalue weighted by Crippen LogP contribution is 2.27. The Morgan fingerprint density at radius 2 is 1.89 bits per heavy atom. The smallest absolute Gasteiger partial charge is 0.0670 e. The van der Waals surface area contributed by atoms with Gasteiger partial charge in [-0.2, -0.15) is 5.26 Å². The van der Waals surface area contributed by atoms with Crippen LogP contribution < -0.4 is 0 Å². The van der Waals surface area contributed by atoms with Crippen molar-refractivity contribution in [1.29, 1.82) is 5.26 Å². The van der Waals surface area contributed by atoms with Crippen molar-refractivity contribution in [3.05, 3.63) is 51.3 Å². The quantitative estimate of drug-likeness (QED) is 0.797. The minimum atomic E-state index is 0.418. The molecule has 92 valence electrons. The van der Waals surface area contributed by atoms with Gasteiger partial charge < -0.3 is 4.57 Å². The van der Waals surface area contributed by atoms with E-state index < -0.39 is 0 Å². The van der Waals surface area contributed by atoms with Crippen LogP contribution >= 0.6 is 23.2 Å². The molecule has 0 N–H and O–H groups in total. The van der Waals surface area contributed by atoms with Gasteiger partial charge in [0.15, 0.2) is 0 Å². The van der Waals surface area contributed by atoms with Crippen LogP contribution in [0.4, 0.5) is 0 Å². The third kappa shape index (κ3) is 2.25. The molecule has 0 saturated carbocycles. The zero-order valence-corrected chi connectivity index (χ0v) is 11.7. The van der Waals surface area contributed by atoms with E-state index in [0.29, 0.717) is 16.5 Å². The summed E-state index contributed by atoms with van der Waals surface area (Å²) in [6.07, 6.45) is 0.418. The molecule has 0 radical (unpaired) electrons. The number of benzene rings is 1. The van der Waals surface area contributed by atoms with Crippen LogP contribution in [-0.2, 0) is 6.42 Å². The normalized spacial score (nSPS) is 10.4. The average Bonchev–Trinajstić information content (AvgIpc) is 2.59. The van der Waals surface area contributed by atoms with Crippen molar-refractivity contribution in [3.8, 4) is 11.8 Å².